The van der Waals surface area contributed by atoms with E-state index in [1.807, 2.05) is 27.7 Å². The van der Waals surface area contributed by atoms with Crippen LogP contribution >= 0.6 is 0 Å². The molecule has 172 valence electrons. The largest absolute Gasteiger partial charge is 0.492 e. The maximum atomic E-state index is 13.2. The summed E-state index contributed by atoms with van der Waals surface area (Å²) in [5, 5.41) is 2.59. The number of amides is 1. The van der Waals surface area contributed by atoms with Gasteiger partial charge in [0.25, 0.3) is 0 Å². The van der Waals surface area contributed by atoms with Crippen molar-refractivity contribution in [3.05, 3.63) is 28.9 Å². The Kier molecular flexibility index (Phi) is 6.73. The number of nitrogens with zero attached hydrogens (tertiary/aromatic N) is 1. The van der Waals surface area contributed by atoms with Gasteiger partial charge in [-0.1, -0.05) is 6.08 Å². The summed E-state index contributed by atoms with van der Waals surface area (Å²) < 4.78 is 56.9. The first kappa shape index (κ1) is 25.0. The summed E-state index contributed by atoms with van der Waals surface area (Å²) in [4.78, 5) is 15.7. The number of rotatable bonds is 4. The molecule has 0 spiro atoms. The number of ether oxygens (including phenoxy) is 1. The van der Waals surface area contributed by atoms with Crippen LogP contribution in [0, 0.1) is 0 Å². The lowest BCUT2D eigenvalue weighted by atomic mass is 9.77. The third kappa shape index (κ3) is 6.36. The minimum absolute atomic E-state index is 0.0720. The Labute approximate surface area is 180 Å². The van der Waals surface area contributed by atoms with E-state index in [1.54, 1.807) is 20.8 Å². The molecule has 0 aliphatic carbocycles. The fraction of sp³-hybridized carbons (Fsp3) is 0.600. The van der Waals surface area contributed by atoms with Crippen LogP contribution in [0.15, 0.2) is 17.7 Å². The highest BCUT2D eigenvalue weighted by Crippen LogP contribution is 2.39. The zero-order valence-corrected chi connectivity index (χ0v) is 18.8. The average molecular weight is 443 g/mol. The molecule has 7 nitrogen and oxygen atoms in total. The highest BCUT2D eigenvalue weighted by molar-refractivity contribution is 6.56. The molecule has 0 aromatic carbocycles. The van der Waals surface area contributed by atoms with Crippen LogP contribution in [0.3, 0.4) is 0 Å². The summed E-state index contributed by atoms with van der Waals surface area (Å²) in [7, 11) is -0.896. The van der Waals surface area contributed by atoms with Gasteiger partial charge in [0.2, 0.25) is 0 Å². The lowest BCUT2D eigenvalue weighted by Crippen LogP contribution is -2.41. The van der Waals surface area contributed by atoms with E-state index in [9.17, 15) is 18.0 Å². The summed E-state index contributed by atoms with van der Waals surface area (Å²) in [6, 6.07) is 0.890. The molecule has 1 aromatic heterocycles. The molecule has 1 amide bonds. The zero-order chi connectivity index (χ0) is 23.8. The average Bonchev–Trinajstić information content (AvgIpc) is 2.78. The number of alkyl halides is 3. The van der Waals surface area contributed by atoms with Crippen LogP contribution in [0.1, 0.15) is 59.6 Å². The normalized spacial score (nSPS) is 18.8. The van der Waals surface area contributed by atoms with Crippen molar-refractivity contribution in [2.24, 2.45) is 0 Å². The number of hydrogen-bond donors (Lipinski definition) is 2. The first-order chi connectivity index (χ1) is 13.9. The Hall–Kier alpha value is -2.27. The van der Waals surface area contributed by atoms with E-state index in [2.05, 4.69) is 10.3 Å². The maximum Gasteiger partial charge on any atom is 0.492 e. The van der Waals surface area contributed by atoms with Crippen molar-refractivity contribution in [1.29, 1.82) is 0 Å². The lowest BCUT2D eigenvalue weighted by Gasteiger charge is -2.32. The lowest BCUT2D eigenvalue weighted by molar-refractivity contribution is -0.137. The standard InChI is InChI=1S/C20H29BF3N3O4/c1-17(2,3)29-16(28)27-11-13(21-30-18(4,5)19(6,7)31-21)8-12-9-14(20(22,23)24)15(25)26-10-12/h8-10H,11H2,1-7H3,(H2,25,26)(H,27,28). The number of nitrogens with two attached hydrogens (primary N) is 1. The molecule has 1 aliphatic heterocycles. The van der Waals surface area contributed by atoms with Gasteiger partial charge in [-0.05, 0) is 65.6 Å². The number of pyridine rings is 1. The highest BCUT2D eigenvalue weighted by Gasteiger charge is 2.52. The first-order valence-corrected chi connectivity index (χ1v) is 9.77. The van der Waals surface area contributed by atoms with Gasteiger partial charge < -0.3 is 25.1 Å². The molecular formula is C20H29BF3N3O4. The molecule has 3 N–H and O–H groups in total. The molecular weight excluding hydrogens is 414 g/mol. The predicted octanol–water partition coefficient (Wildman–Crippen LogP) is 4.22. The highest BCUT2D eigenvalue weighted by atomic mass is 19.4. The molecule has 31 heavy (non-hydrogen) atoms. The number of alkyl carbamates (subject to hydrolysis) is 1. The Morgan fingerprint density at radius 3 is 2.26 bits per heavy atom. The number of hydrogen-bond acceptors (Lipinski definition) is 6. The monoisotopic (exact) mass is 443 g/mol. The number of carbonyl (C=O) groups is 1. The maximum absolute atomic E-state index is 13.2. The van der Waals surface area contributed by atoms with Crippen molar-refractivity contribution in [3.63, 3.8) is 0 Å². The van der Waals surface area contributed by atoms with Crippen LogP contribution in [-0.4, -0.2) is 41.5 Å². The van der Waals surface area contributed by atoms with Gasteiger partial charge in [0.15, 0.2) is 0 Å². The number of nitrogen functional groups attached to an aromatic ring is 1. The molecule has 2 heterocycles. The van der Waals surface area contributed by atoms with Gasteiger partial charge in [-0.15, -0.1) is 0 Å². The van der Waals surface area contributed by atoms with E-state index in [0.717, 1.165) is 6.07 Å². The van der Waals surface area contributed by atoms with E-state index in [4.69, 9.17) is 19.8 Å². The number of aromatic nitrogens is 1. The molecule has 11 heteroatoms. The van der Waals surface area contributed by atoms with Crippen LogP contribution in [0.25, 0.3) is 6.08 Å². The fourth-order valence-corrected chi connectivity index (χ4v) is 2.70. The van der Waals surface area contributed by atoms with Crippen LogP contribution in [0.4, 0.5) is 23.8 Å². The van der Waals surface area contributed by atoms with Crippen molar-refractivity contribution in [1.82, 2.24) is 10.3 Å². The van der Waals surface area contributed by atoms with E-state index in [-0.39, 0.29) is 12.1 Å². The number of anilines is 1. The van der Waals surface area contributed by atoms with E-state index < -0.39 is 47.6 Å². The molecule has 1 fully saturated rings. The summed E-state index contributed by atoms with van der Waals surface area (Å²) >= 11 is 0. The minimum atomic E-state index is -4.65. The van der Waals surface area contributed by atoms with Crippen molar-refractivity contribution < 1.29 is 32.0 Å². The van der Waals surface area contributed by atoms with Gasteiger partial charge >= 0.3 is 19.4 Å². The molecule has 1 aromatic rings. The second kappa shape index (κ2) is 8.35. The first-order valence-electron chi connectivity index (χ1n) is 9.77. The summed E-state index contributed by atoms with van der Waals surface area (Å²) in [6.45, 7) is 12.5. The Bertz CT molecular complexity index is 848. The van der Waals surface area contributed by atoms with Gasteiger partial charge in [-0.25, -0.2) is 9.78 Å². The molecule has 0 unspecified atom stereocenters. The summed E-state index contributed by atoms with van der Waals surface area (Å²) in [6.07, 6.45) is -2.69. The smallest absolute Gasteiger partial charge is 0.444 e. The van der Waals surface area contributed by atoms with Gasteiger partial charge in [0, 0.05) is 12.7 Å². The molecule has 0 bridgehead atoms. The SMILES string of the molecule is CC(C)(C)OC(=O)NCC(=Cc1cnc(N)c(C(F)(F)F)c1)B1OC(C)(C)C(C)(C)O1. The molecule has 1 saturated heterocycles. The molecule has 1 aliphatic rings. The molecule has 0 saturated carbocycles. The molecule has 2 rings (SSSR count). The Morgan fingerprint density at radius 2 is 1.77 bits per heavy atom. The second-order valence-corrected chi connectivity index (χ2v) is 9.36. The van der Waals surface area contributed by atoms with Crippen LogP contribution in [0.5, 0.6) is 0 Å². The van der Waals surface area contributed by atoms with Crippen LogP contribution < -0.4 is 11.1 Å². The van der Waals surface area contributed by atoms with Crippen molar-refractivity contribution in [2.45, 2.75) is 71.4 Å². The second-order valence-electron chi connectivity index (χ2n) is 9.36. The van der Waals surface area contributed by atoms with Crippen LogP contribution in [0.2, 0.25) is 0 Å². The third-order valence-corrected chi connectivity index (χ3v) is 4.99. The van der Waals surface area contributed by atoms with Gasteiger partial charge in [0.05, 0.1) is 16.8 Å². The third-order valence-electron chi connectivity index (χ3n) is 4.99. The fourth-order valence-electron chi connectivity index (χ4n) is 2.70. The number of carbonyl (C=O) groups excluding carboxylic acids is 1. The minimum Gasteiger partial charge on any atom is -0.444 e. The molecule has 0 atom stereocenters. The van der Waals surface area contributed by atoms with Crippen LogP contribution in [-0.2, 0) is 20.2 Å². The Balaban J connectivity index is 2.37. The van der Waals surface area contributed by atoms with Gasteiger partial charge in [-0.3, -0.25) is 0 Å². The zero-order valence-electron chi connectivity index (χ0n) is 18.8. The van der Waals surface area contributed by atoms with Crippen molar-refractivity contribution >= 4 is 25.1 Å². The number of halogens is 3. The van der Waals surface area contributed by atoms with E-state index in [0.29, 0.717) is 5.47 Å². The van der Waals surface area contributed by atoms with Crippen molar-refractivity contribution in [2.75, 3.05) is 12.3 Å². The van der Waals surface area contributed by atoms with E-state index in [1.165, 1.54) is 12.3 Å². The van der Waals surface area contributed by atoms with Gasteiger partial charge in [0.1, 0.15) is 11.4 Å². The summed E-state index contributed by atoms with van der Waals surface area (Å²) in [5.74, 6) is -0.617. The molecule has 0 radical (unpaired) electrons. The van der Waals surface area contributed by atoms with E-state index >= 15 is 0 Å². The Morgan fingerprint density at radius 1 is 1.23 bits per heavy atom. The van der Waals surface area contributed by atoms with Gasteiger partial charge in [-0.2, -0.15) is 13.2 Å². The summed E-state index contributed by atoms with van der Waals surface area (Å²) in [5.41, 5.74) is 2.79. The number of nitrogens with one attached hydrogen (secondary N) is 1. The quantitative estimate of drug-likeness (QED) is 0.677. The predicted molar refractivity (Wildman–Crippen MR) is 112 cm³/mol. The topological polar surface area (TPSA) is 95.7 Å². The van der Waals surface area contributed by atoms with Crippen molar-refractivity contribution in [3.8, 4) is 0 Å².